The van der Waals surface area contributed by atoms with Crippen molar-refractivity contribution in [2.75, 3.05) is 0 Å². The molecule has 0 saturated carbocycles. The maximum atomic E-state index is 12.3. The van der Waals surface area contributed by atoms with Crippen molar-refractivity contribution in [3.05, 3.63) is 26.1 Å². The Morgan fingerprint density at radius 1 is 1.23 bits per heavy atom. The molecule has 2 heterocycles. The highest BCUT2D eigenvalue weighted by atomic mass is 35.5. The second kappa shape index (κ2) is 5.28. The van der Waals surface area contributed by atoms with E-state index in [1.54, 1.807) is 0 Å². The summed E-state index contributed by atoms with van der Waals surface area (Å²) in [6, 6.07) is 0. The molecule has 0 aliphatic heterocycles. The lowest BCUT2D eigenvalue weighted by molar-refractivity contribution is -0.123. The number of aromatic nitrogens is 4. The summed E-state index contributed by atoms with van der Waals surface area (Å²) < 4.78 is 3.49. The molecule has 1 N–H and O–H groups in total. The van der Waals surface area contributed by atoms with E-state index >= 15 is 0 Å². The van der Waals surface area contributed by atoms with E-state index in [2.05, 4.69) is 10.3 Å². The van der Waals surface area contributed by atoms with Gasteiger partial charge in [0.1, 0.15) is 6.54 Å². The van der Waals surface area contributed by atoms with Crippen LogP contribution >= 0.6 is 11.6 Å². The number of carbonyl (C=O) groups is 1. The van der Waals surface area contributed by atoms with Crippen LogP contribution in [-0.4, -0.2) is 30.1 Å². The zero-order chi connectivity index (χ0) is 16.8. The highest BCUT2D eigenvalue weighted by molar-refractivity contribution is 6.29. The predicted octanol–water partition coefficient (Wildman–Crippen LogP) is 0.00180. The Kier molecular flexibility index (Phi) is 3.90. The summed E-state index contributed by atoms with van der Waals surface area (Å²) in [5, 5.41) is 2.77. The molecular formula is C13H18ClN5O3. The molecule has 0 radical (unpaired) electrons. The molecule has 0 fully saturated rings. The molecule has 22 heavy (non-hydrogen) atoms. The Bertz CT molecular complexity index is 869. The molecule has 8 nitrogen and oxygen atoms in total. The molecule has 0 saturated heterocycles. The van der Waals surface area contributed by atoms with E-state index in [0.29, 0.717) is 0 Å². The number of nitrogens with zero attached hydrogens (tertiary/aromatic N) is 4. The third-order valence-electron chi connectivity index (χ3n) is 3.12. The average Bonchev–Trinajstić information content (AvgIpc) is 2.69. The molecule has 0 atom stereocenters. The fourth-order valence-electron chi connectivity index (χ4n) is 2.17. The number of rotatable bonds is 2. The third kappa shape index (κ3) is 2.78. The smallest absolute Gasteiger partial charge is 0.332 e. The van der Waals surface area contributed by atoms with E-state index in [-0.39, 0.29) is 28.9 Å². The second-order valence-corrected chi connectivity index (χ2v) is 6.48. The van der Waals surface area contributed by atoms with Crippen LogP contribution in [-0.2, 0) is 25.4 Å². The first-order valence-corrected chi connectivity index (χ1v) is 7.03. The molecule has 0 aliphatic rings. The van der Waals surface area contributed by atoms with Gasteiger partial charge in [0.25, 0.3) is 5.56 Å². The lowest BCUT2D eigenvalue weighted by atomic mass is 10.1. The van der Waals surface area contributed by atoms with Crippen LogP contribution < -0.4 is 16.6 Å². The van der Waals surface area contributed by atoms with Gasteiger partial charge in [-0.1, -0.05) is 0 Å². The van der Waals surface area contributed by atoms with Gasteiger partial charge < -0.3 is 5.32 Å². The van der Waals surface area contributed by atoms with Gasteiger partial charge in [-0.05, 0) is 32.4 Å². The van der Waals surface area contributed by atoms with Crippen molar-refractivity contribution in [3.63, 3.8) is 0 Å². The number of fused-ring (bicyclic) bond motifs is 1. The monoisotopic (exact) mass is 327 g/mol. The van der Waals surface area contributed by atoms with E-state index < -0.39 is 16.8 Å². The number of amides is 1. The third-order valence-corrected chi connectivity index (χ3v) is 3.41. The zero-order valence-electron chi connectivity index (χ0n) is 13.1. The molecule has 2 aromatic rings. The van der Waals surface area contributed by atoms with Crippen molar-refractivity contribution >= 4 is 28.7 Å². The van der Waals surface area contributed by atoms with E-state index in [1.165, 1.54) is 23.2 Å². The van der Waals surface area contributed by atoms with Gasteiger partial charge >= 0.3 is 5.69 Å². The Labute approximate surface area is 131 Å². The van der Waals surface area contributed by atoms with Crippen molar-refractivity contribution in [2.24, 2.45) is 14.1 Å². The number of hydrogen-bond acceptors (Lipinski definition) is 4. The maximum absolute atomic E-state index is 12.3. The predicted molar refractivity (Wildman–Crippen MR) is 83.1 cm³/mol. The van der Waals surface area contributed by atoms with Gasteiger partial charge in [-0.15, -0.1) is 0 Å². The highest BCUT2D eigenvalue weighted by Gasteiger charge is 2.21. The fraction of sp³-hybridized carbons (Fsp3) is 0.538. The summed E-state index contributed by atoms with van der Waals surface area (Å²) in [5.74, 6) is -0.301. The number of nitrogens with one attached hydrogen (secondary N) is 1. The molecule has 1 amide bonds. The standard InChI is InChI=1S/C13H18ClN5O3/c1-13(2,3)16-7(20)6-19-8-9(15-11(19)14)17(4)12(22)18(5)10(8)21/h6H2,1-5H3,(H,16,20). The van der Waals surface area contributed by atoms with E-state index in [9.17, 15) is 14.4 Å². The molecule has 0 spiro atoms. The summed E-state index contributed by atoms with van der Waals surface area (Å²) in [6.45, 7) is 5.39. The number of hydrogen-bond donors (Lipinski definition) is 1. The first-order valence-electron chi connectivity index (χ1n) is 6.65. The van der Waals surface area contributed by atoms with Gasteiger partial charge in [-0.2, -0.15) is 4.98 Å². The highest BCUT2D eigenvalue weighted by Crippen LogP contribution is 2.15. The molecule has 0 aromatic carbocycles. The number of imidazole rings is 1. The first kappa shape index (κ1) is 16.3. The Balaban J connectivity index is 2.61. The molecule has 2 aromatic heterocycles. The van der Waals surface area contributed by atoms with Crippen LogP contribution in [0.4, 0.5) is 0 Å². The minimum atomic E-state index is -0.541. The molecule has 120 valence electrons. The van der Waals surface area contributed by atoms with Crippen molar-refractivity contribution < 1.29 is 4.79 Å². The van der Waals surface area contributed by atoms with Crippen LogP contribution in [0.25, 0.3) is 11.2 Å². The van der Waals surface area contributed by atoms with Gasteiger partial charge in [-0.3, -0.25) is 23.3 Å². The second-order valence-electron chi connectivity index (χ2n) is 6.14. The van der Waals surface area contributed by atoms with Gasteiger partial charge in [0.2, 0.25) is 11.2 Å². The van der Waals surface area contributed by atoms with Crippen molar-refractivity contribution in [1.29, 1.82) is 0 Å². The Morgan fingerprint density at radius 3 is 2.36 bits per heavy atom. The van der Waals surface area contributed by atoms with Crippen molar-refractivity contribution in [1.82, 2.24) is 24.0 Å². The quantitative estimate of drug-likeness (QED) is 0.786. The van der Waals surface area contributed by atoms with E-state index in [1.807, 2.05) is 20.8 Å². The summed E-state index contributed by atoms with van der Waals surface area (Å²) in [7, 11) is 2.86. The number of halogens is 1. The maximum Gasteiger partial charge on any atom is 0.332 e. The van der Waals surface area contributed by atoms with Crippen molar-refractivity contribution in [3.8, 4) is 0 Å². The minimum Gasteiger partial charge on any atom is -0.350 e. The minimum absolute atomic E-state index is 0.0163. The van der Waals surface area contributed by atoms with Crippen LogP contribution in [0.15, 0.2) is 9.59 Å². The summed E-state index contributed by atoms with van der Waals surface area (Å²) in [4.78, 5) is 40.3. The van der Waals surface area contributed by atoms with Crippen LogP contribution in [0.1, 0.15) is 20.8 Å². The molecule has 0 unspecified atom stereocenters. The van der Waals surface area contributed by atoms with Gasteiger partial charge in [0.05, 0.1) is 0 Å². The summed E-state index contributed by atoms with van der Waals surface area (Å²) in [6.07, 6.45) is 0. The lowest BCUT2D eigenvalue weighted by Gasteiger charge is -2.20. The molecule has 0 aliphatic carbocycles. The van der Waals surface area contributed by atoms with Crippen LogP contribution in [0.3, 0.4) is 0 Å². The number of carbonyl (C=O) groups excluding carboxylic acids is 1. The van der Waals surface area contributed by atoms with Gasteiger partial charge in [0.15, 0.2) is 11.2 Å². The summed E-state index contributed by atoms with van der Waals surface area (Å²) >= 11 is 6.04. The lowest BCUT2D eigenvalue weighted by Crippen LogP contribution is -2.43. The molecule has 0 bridgehead atoms. The van der Waals surface area contributed by atoms with Gasteiger partial charge in [0, 0.05) is 19.6 Å². The average molecular weight is 328 g/mol. The molecular weight excluding hydrogens is 310 g/mol. The van der Waals surface area contributed by atoms with Crippen LogP contribution in [0, 0.1) is 0 Å². The van der Waals surface area contributed by atoms with Crippen molar-refractivity contribution in [2.45, 2.75) is 32.9 Å². The normalized spacial score (nSPS) is 11.9. The van der Waals surface area contributed by atoms with Crippen LogP contribution in [0.2, 0.25) is 5.28 Å². The van der Waals surface area contributed by atoms with Gasteiger partial charge in [-0.25, -0.2) is 4.79 Å². The topological polar surface area (TPSA) is 90.9 Å². The van der Waals surface area contributed by atoms with Crippen LogP contribution in [0.5, 0.6) is 0 Å². The van der Waals surface area contributed by atoms with E-state index in [4.69, 9.17) is 11.6 Å². The Hall–Kier alpha value is -2.09. The first-order chi connectivity index (χ1) is 10.0. The largest absolute Gasteiger partial charge is 0.350 e. The fourth-order valence-corrected chi connectivity index (χ4v) is 2.39. The van der Waals surface area contributed by atoms with E-state index in [0.717, 1.165) is 4.57 Å². The SMILES string of the molecule is Cn1c(=O)c2c(nc(Cl)n2CC(=O)NC(C)(C)C)n(C)c1=O. The summed E-state index contributed by atoms with van der Waals surface area (Å²) in [5.41, 5.74) is -1.17. The number of aryl methyl sites for hydroxylation is 1. The molecule has 2 rings (SSSR count). The zero-order valence-corrected chi connectivity index (χ0v) is 13.9. The Morgan fingerprint density at radius 2 is 1.82 bits per heavy atom. The molecule has 9 heteroatoms.